The largest absolute Gasteiger partial charge is 0.240 e. The van der Waals surface area contributed by atoms with E-state index in [-0.39, 0.29) is 0 Å². The van der Waals surface area contributed by atoms with Gasteiger partial charge in [0.2, 0.25) is 10.0 Å². The van der Waals surface area contributed by atoms with Crippen LogP contribution in [0.15, 0.2) is 41.3 Å². The first-order chi connectivity index (χ1) is 8.95. The Labute approximate surface area is 116 Å². The summed E-state index contributed by atoms with van der Waals surface area (Å²) < 4.78 is 26.6. The molecule has 0 saturated heterocycles. The molecule has 1 aromatic carbocycles. The van der Waals surface area contributed by atoms with Crippen LogP contribution in [0.1, 0.15) is 38.2 Å². The molecule has 0 aromatic heterocycles. The van der Waals surface area contributed by atoms with Crippen LogP contribution in [0.25, 0.3) is 0 Å². The molecule has 0 aliphatic carbocycles. The minimum absolute atomic E-state index is 0.305. The molecule has 0 aliphatic heterocycles. The molecule has 106 valence electrons. The summed E-state index contributed by atoms with van der Waals surface area (Å²) >= 11 is 0. The lowest BCUT2D eigenvalue weighted by Crippen LogP contribution is -2.25. The summed E-state index contributed by atoms with van der Waals surface area (Å²) in [4.78, 5) is 0.305. The Morgan fingerprint density at radius 1 is 1.21 bits per heavy atom. The van der Waals surface area contributed by atoms with Gasteiger partial charge in [0, 0.05) is 6.54 Å². The van der Waals surface area contributed by atoms with Crippen LogP contribution in [0.3, 0.4) is 0 Å². The van der Waals surface area contributed by atoms with E-state index in [9.17, 15) is 8.42 Å². The zero-order valence-electron chi connectivity index (χ0n) is 11.8. The van der Waals surface area contributed by atoms with E-state index in [1.165, 1.54) is 0 Å². The van der Waals surface area contributed by atoms with Gasteiger partial charge in [0.25, 0.3) is 0 Å². The molecule has 0 amide bonds. The lowest BCUT2D eigenvalue weighted by Gasteiger charge is -2.09. The molecule has 0 heterocycles. The molecular weight excluding hydrogens is 258 g/mol. The van der Waals surface area contributed by atoms with Crippen molar-refractivity contribution in [3.05, 3.63) is 42.0 Å². The molecule has 0 fully saturated rings. The number of hydrogen-bond acceptors (Lipinski definition) is 2. The van der Waals surface area contributed by atoms with Crippen LogP contribution >= 0.6 is 0 Å². The Morgan fingerprint density at radius 2 is 1.84 bits per heavy atom. The summed E-state index contributed by atoms with van der Waals surface area (Å²) in [6, 6.07) is 6.84. The number of unbranched alkanes of at least 4 members (excludes halogenated alkanes) is 2. The van der Waals surface area contributed by atoms with Gasteiger partial charge in [-0.1, -0.05) is 49.6 Å². The van der Waals surface area contributed by atoms with Gasteiger partial charge in [0.05, 0.1) is 4.90 Å². The summed E-state index contributed by atoms with van der Waals surface area (Å²) in [6.07, 6.45) is 4.26. The number of benzene rings is 1. The predicted octanol–water partition coefficient (Wildman–Crippen LogP) is 3.41. The second-order valence-corrected chi connectivity index (χ2v) is 6.61. The number of aryl methyl sites for hydroxylation is 1. The average molecular weight is 281 g/mol. The fraction of sp³-hybridized carbons (Fsp3) is 0.467. The van der Waals surface area contributed by atoms with Gasteiger partial charge in [-0.25, -0.2) is 13.1 Å². The van der Waals surface area contributed by atoms with Crippen LogP contribution in [0.2, 0.25) is 0 Å². The Morgan fingerprint density at radius 3 is 2.42 bits per heavy atom. The van der Waals surface area contributed by atoms with E-state index < -0.39 is 10.0 Å². The average Bonchev–Trinajstić information content (AvgIpc) is 2.37. The highest BCUT2D eigenvalue weighted by Crippen LogP contribution is 2.11. The highest BCUT2D eigenvalue weighted by molar-refractivity contribution is 7.89. The molecule has 1 rings (SSSR count). The summed E-state index contributed by atoms with van der Waals surface area (Å²) in [7, 11) is -3.41. The van der Waals surface area contributed by atoms with E-state index in [4.69, 9.17) is 0 Å². The van der Waals surface area contributed by atoms with E-state index in [0.29, 0.717) is 11.4 Å². The van der Waals surface area contributed by atoms with Gasteiger partial charge in [-0.15, -0.1) is 0 Å². The van der Waals surface area contributed by atoms with Crippen molar-refractivity contribution < 1.29 is 8.42 Å². The van der Waals surface area contributed by atoms with Crippen molar-refractivity contribution in [2.45, 2.75) is 44.4 Å². The zero-order chi connectivity index (χ0) is 14.3. The molecule has 0 atom stereocenters. The van der Waals surface area contributed by atoms with E-state index in [1.807, 2.05) is 6.92 Å². The molecule has 0 radical (unpaired) electrons. The molecule has 0 bridgehead atoms. The predicted molar refractivity (Wildman–Crippen MR) is 79.6 cm³/mol. The first-order valence-corrected chi connectivity index (χ1v) is 8.17. The lowest BCUT2D eigenvalue weighted by atomic mass is 10.1. The molecule has 0 aliphatic rings. The van der Waals surface area contributed by atoms with Gasteiger partial charge >= 0.3 is 0 Å². The van der Waals surface area contributed by atoms with Crippen molar-refractivity contribution in [3.63, 3.8) is 0 Å². The molecule has 0 spiro atoms. The molecular formula is C15H23NO2S. The van der Waals surface area contributed by atoms with Crippen molar-refractivity contribution in [2.75, 3.05) is 6.54 Å². The summed E-state index contributed by atoms with van der Waals surface area (Å²) in [5, 5.41) is 0. The first-order valence-electron chi connectivity index (χ1n) is 6.68. The lowest BCUT2D eigenvalue weighted by molar-refractivity contribution is 0.583. The first kappa shape index (κ1) is 15.9. The smallest absolute Gasteiger partial charge is 0.207 e. The third-order valence-electron chi connectivity index (χ3n) is 2.98. The maximum absolute atomic E-state index is 12.0. The fourth-order valence-electron chi connectivity index (χ4n) is 1.71. The molecule has 0 saturated carbocycles. The normalized spacial score (nSPS) is 11.5. The monoisotopic (exact) mass is 281 g/mol. The molecule has 1 aromatic rings. The van der Waals surface area contributed by atoms with Crippen LogP contribution in [0.5, 0.6) is 0 Å². The van der Waals surface area contributed by atoms with Gasteiger partial charge in [-0.05, 0) is 31.9 Å². The molecule has 4 heteroatoms. The van der Waals surface area contributed by atoms with Crippen molar-refractivity contribution in [3.8, 4) is 0 Å². The minimum atomic E-state index is -3.41. The second kappa shape index (κ2) is 7.46. The van der Waals surface area contributed by atoms with Gasteiger partial charge in [0.15, 0.2) is 0 Å². The van der Waals surface area contributed by atoms with Gasteiger partial charge in [-0.3, -0.25) is 0 Å². The molecule has 1 N–H and O–H groups in total. The topological polar surface area (TPSA) is 46.2 Å². The zero-order valence-corrected chi connectivity index (χ0v) is 12.6. The number of hydrogen-bond donors (Lipinski definition) is 1. The maximum Gasteiger partial charge on any atom is 0.240 e. The Kier molecular flexibility index (Phi) is 6.25. The van der Waals surface area contributed by atoms with Crippen LogP contribution in [0, 0.1) is 6.92 Å². The van der Waals surface area contributed by atoms with E-state index in [2.05, 4.69) is 18.2 Å². The summed E-state index contributed by atoms with van der Waals surface area (Å²) in [6.45, 7) is 8.30. The van der Waals surface area contributed by atoms with Crippen molar-refractivity contribution in [2.24, 2.45) is 0 Å². The standard InChI is InChI=1S/C15H23NO2S/c1-4-5-6-7-14(3)12-16-19(17,18)15-10-8-13(2)9-11-15/h8-11,16H,3-7,12H2,1-2H3. The van der Waals surface area contributed by atoms with Gasteiger partial charge in [-0.2, -0.15) is 0 Å². The summed E-state index contributed by atoms with van der Waals surface area (Å²) in [5.41, 5.74) is 1.98. The van der Waals surface area contributed by atoms with E-state index >= 15 is 0 Å². The Balaban J connectivity index is 2.51. The van der Waals surface area contributed by atoms with Gasteiger partial charge < -0.3 is 0 Å². The third-order valence-corrected chi connectivity index (χ3v) is 4.39. The maximum atomic E-state index is 12.0. The SMILES string of the molecule is C=C(CCCCC)CNS(=O)(=O)c1ccc(C)cc1. The summed E-state index contributed by atoms with van der Waals surface area (Å²) in [5.74, 6) is 0. The highest BCUT2D eigenvalue weighted by atomic mass is 32.2. The quantitative estimate of drug-likeness (QED) is 0.586. The molecule has 3 nitrogen and oxygen atoms in total. The fourth-order valence-corrected chi connectivity index (χ4v) is 2.77. The molecule has 0 unspecified atom stereocenters. The van der Waals surface area contributed by atoms with Crippen LogP contribution in [-0.4, -0.2) is 15.0 Å². The van der Waals surface area contributed by atoms with Crippen LogP contribution < -0.4 is 4.72 Å². The second-order valence-electron chi connectivity index (χ2n) is 4.84. The Hall–Kier alpha value is -1.13. The van der Waals surface area contributed by atoms with Crippen molar-refractivity contribution in [1.82, 2.24) is 4.72 Å². The number of nitrogens with one attached hydrogen (secondary N) is 1. The van der Waals surface area contributed by atoms with Gasteiger partial charge in [0.1, 0.15) is 0 Å². The minimum Gasteiger partial charge on any atom is -0.207 e. The van der Waals surface area contributed by atoms with E-state index in [0.717, 1.165) is 36.8 Å². The highest BCUT2D eigenvalue weighted by Gasteiger charge is 2.13. The van der Waals surface area contributed by atoms with Crippen LogP contribution in [0.4, 0.5) is 0 Å². The van der Waals surface area contributed by atoms with Crippen molar-refractivity contribution >= 4 is 10.0 Å². The third kappa shape index (κ3) is 5.57. The van der Waals surface area contributed by atoms with Crippen molar-refractivity contribution in [1.29, 1.82) is 0 Å². The molecule has 19 heavy (non-hydrogen) atoms. The van der Waals surface area contributed by atoms with E-state index in [1.54, 1.807) is 24.3 Å². The van der Waals surface area contributed by atoms with Crippen LogP contribution in [-0.2, 0) is 10.0 Å². The Bertz CT molecular complexity index is 503. The number of sulfonamides is 1. The number of rotatable bonds is 8.